The Bertz CT molecular complexity index is 768. The van der Waals surface area contributed by atoms with Crippen molar-refractivity contribution in [2.75, 3.05) is 6.61 Å². The van der Waals surface area contributed by atoms with Gasteiger partial charge in [0.25, 0.3) is 5.91 Å². The van der Waals surface area contributed by atoms with Crippen LogP contribution in [0.5, 0.6) is 5.75 Å². The highest BCUT2D eigenvalue weighted by atomic mass is 19.1. The van der Waals surface area contributed by atoms with E-state index in [0.29, 0.717) is 30.3 Å². The monoisotopic (exact) mass is 345 g/mol. The van der Waals surface area contributed by atoms with E-state index >= 15 is 0 Å². The second-order valence-corrected chi connectivity index (χ2v) is 6.41. The van der Waals surface area contributed by atoms with Crippen molar-refractivity contribution in [3.63, 3.8) is 0 Å². The van der Waals surface area contributed by atoms with Gasteiger partial charge in [0, 0.05) is 17.7 Å². The molecule has 0 spiro atoms. The third-order valence-electron chi connectivity index (χ3n) is 4.77. The van der Waals surface area contributed by atoms with Crippen LogP contribution in [0.3, 0.4) is 0 Å². The molecule has 1 N–H and O–H groups in total. The fourth-order valence-electron chi connectivity index (χ4n) is 3.37. The zero-order valence-corrected chi connectivity index (χ0v) is 14.9. The van der Waals surface area contributed by atoms with Crippen molar-refractivity contribution in [1.82, 2.24) is 15.1 Å². The number of nitrogens with one attached hydrogen (secondary N) is 1. The number of rotatable bonds is 5. The van der Waals surface area contributed by atoms with Crippen molar-refractivity contribution in [2.45, 2.75) is 52.1 Å². The Kier molecular flexibility index (Phi) is 5.06. The van der Waals surface area contributed by atoms with Crippen LogP contribution in [-0.4, -0.2) is 22.3 Å². The second-order valence-electron chi connectivity index (χ2n) is 6.41. The molecule has 0 saturated heterocycles. The van der Waals surface area contributed by atoms with Crippen molar-refractivity contribution >= 4 is 5.91 Å². The van der Waals surface area contributed by atoms with E-state index in [0.717, 1.165) is 18.5 Å². The van der Waals surface area contributed by atoms with Gasteiger partial charge in [-0.2, -0.15) is 5.10 Å². The molecule has 0 radical (unpaired) electrons. The minimum absolute atomic E-state index is 0.234. The van der Waals surface area contributed by atoms with Gasteiger partial charge in [-0.25, -0.2) is 4.39 Å². The number of nitrogens with zero attached hydrogens (tertiary/aromatic N) is 2. The molecule has 134 valence electrons. The number of hydrogen-bond acceptors (Lipinski definition) is 3. The molecule has 1 atom stereocenters. The fourth-order valence-corrected chi connectivity index (χ4v) is 3.37. The maximum absolute atomic E-state index is 13.9. The van der Waals surface area contributed by atoms with Gasteiger partial charge in [-0.3, -0.25) is 9.48 Å². The van der Waals surface area contributed by atoms with Crippen LogP contribution in [-0.2, 0) is 0 Å². The average molecular weight is 345 g/mol. The quantitative estimate of drug-likeness (QED) is 0.893. The van der Waals surface area contributed by atoms with E-state index in [1.54, 1.807) is 18.2 Å². The van der Waals surface area contributed by atoms with Crippen LogP contribution in [0.15, 0.2) is 24.3 Å². The van der Waals surface area contributed by atoms with Crippen LogP contribution in [0.2, 0.25) is 0 Å². The summed E-state index contributed by atoms with van der Waals surface area (Å²) in [5.41, 5.74) is 2.04. The topological polar surface area (TPSA) is 56.2 Å². The number of fused-ring (bicyclic) bond motifs is 1. The largest absolute Gasteiger partial charge is 0.490 e. The third kappa shape index (κ3) is 3.38. The van der Waals surface area contributed by atoms with E-state index in [1.807, 2.05) is 11.6 Å². The molecule has 1 aromatic heterocycles. The highest BCUT2D eigenvalue weighted by molar-refractivity contribution is 5.92. The van der Waals surface area contributed by atoms with E-state index in [1.165, 1.54) is 6.07 Å². The molecule has 0 saturated carbocycles. The van der Waals surface area contributed by atoms with E-state index in [-0.39, 0.29) is 17.7 Å². The molecule has 0 unspecified atom stereocenters. The van der Waals surface area contributed by atoms with Gasteiger partial charge >= 0.3 is 0 Å². The van der Waals surface area contributed by atoms with Gasteiger partial charge in [-0.05, 0) is 31.9 Å². The highest BCUT2D eigenvalue weighted by Crippen LogP contribution is 2.34. The maximum Gasteiger partial charge on any atom is 0.272 e. The molecular formula is C19H24FN3O2. The average Bonchev–Trinajstić information content (AvgIpc) is 2.99. The minimum atomic E-state index is -0.398. The van der Waals surface area contributed by atoms with Crippen molar-refractivity contribution in [1.29, 1.82) is 0 Å². The number of aromatic nitrogens is 2. The van der Waals surface area contributed by atoms with Crippen LogP contribution in [0.4, 0.5) is 4.39 Å². The van der Waals surface area contributed by atoms with Gasteiger partial charge in [-0.15, -0.1) is 0 Å². The van der Waals surface area contributed by atoms with E-state index in [2.05, 4.69) is 24.3 Å². The lowest BCUT2D eigenvalue weighted by Crippen LogP contribution is -2.32. The van der Waals surface area contributed by atoms with Crippen molar-refractivity contribution in [3.05, 3.63) is 47.0 Å². The molecule has 0 bridgehead atoms. The molecule has 1 aliphatic heterocycles. The standard InChI is InChI=1S/C19H24FN3O2/c1-4-13(5-2)23-12(3)11-17(22-23)19(24)21-16-9-10-25-18-14(16)7-6-8-15(18)20/h6-8,11,13,16H,4-5,9-10H2,1-3H3,(H,21,24)/t16-/m1/s1. The van der Waals surface area contributed by atoms with Gasteiger partial charge in [0.2, 0.25) is 0 Å². The Morgan fingerprint density at radius 2 is 2.20 bits per heavy atom. The number of amides is 1. The number of para-hydroxylation sites is 1. The summed E-state index contributed by atoms with van der Waals surface area (Å²) in [6, 6.07) is 6.61. The molecule has 5 nitrogen and oxygen atoms in total. The summed E-state index contributed by atoms with van der Waals surface area (Å²) in [5, 5.41) is 7.46. The fraction of sp³-hybridized carbons (Fsp3) is 0.474. The molecule has 25 heavy (non-hydrogen) atoms. The molecular weight excluding hydrogens is 321 g/mol. The number of hydrogen-bond donors (Lipinski definition) is 1. The summed E-state index contributed by atoms with van der Waals surface area (Å²) in [6.45, 7) is 6.56. The van der Waals surface area contributed by atoms with E-state index in [4.69, 9.17) is 4.74 Å². The summed E-state index contributed by atoms with van der Waals surface area (Å²) in [4.78, 5) is 12.7. The summed E-state index contributed by atoms with van der Waals surface area (Å²) in [7, 11) is 0. The molecule has 0 aliphatic carbocycles. The van der Waals surface area contributed by atoms with Crippen molar-refractivity contribution in [3.8, 4) is 5.75 Å². The van der Waals surface area contributed by atoms with Crippen LogP contribution in [0, 0.1) is 12.7 Å². The number of benzene rings is 1. The second kappa shape index (κ2) is 7.25. The van der Waals surface area contributed by atoms with E-state index < -0.39 is 5.82 Å². The lowest BCUT2D eigenvalue weighted by molar-refractivity contribution is 0.0917. The van der Waals surface area contributed by atoms with Crippen LogP contribution >= 0.6 is 0 Å². The van der Waals surface area contributed by atoms with Crippen molar-refractivity contribution < 1.29 is 13.9 Å². The predicted molar refractivity (Wildman–Crippen MR) is 93.3 cm³/mol. The van der Waals surface area contributed by atoms with Crippen molar-refractivity contribution in [2.24, 2.45) is 0 Å². The first-order chi connectivity index (χ1) is 12.0. The molecule has 2 heterocycles. The first kappa shape index (κ1) is 17.5. The molecule has 6 heteroatoms. The van der Waals surface area contributed by atoms with Gasteiger partial charge in [-0.1, -0.05) is 26.0 Å². The zero-order chi connectivity index (χ0) is 18.0. The number of carbonyl (C=O) groups excluding carboxylic acids is 1. The number of aryl methyl sites for hydroxylation is 1. The lowest BCUT2D eigenvalue weighted by Gasteiger charge is -2.26. The van der Waals surface area contributed by atoms with Crippen LogP contribution in [0.1, 0.15) is 66.9 Å². The predicted octanol–water partition coefficient (Wildman–Crippen LogP) is 3.95. The number of carbonyl (C=O) groups is 1. The van der Waals surface area contributed by atoms with Gasteiger partial charge in [0.1, 0.15) is 5.69 Å². The highest BCUT2D eigenvalue weighted by Gasteiger charge is 2.26. The zero-order valence-electron chi connectivity index (χ0n) is 14.9. The number of ether oxygens (including phenoxy) is 1. The van der Waals surface area contributed by atoms with Gasteiger partial charge in [0.15, 0.2) is 11.6 Å². The smallest absolute Gasteiger partial charge is 0.272 e. The first-order valence-corrected chi connectivity index (χ1v) is 8.83. The maximum atomic E-state index is 13.9. The van der Waals surface area contributed by atoms with E-state index in [9.17, 15) is 9.18 Å². The summed E-state index contributed by atoms with van der Waals surface area (Å²) >= 11 is 0. The summed E-state index contributed by atoms with van der Waals surface area (Å²) in [5.74, 6) is -0.405. The van der Waals surface area contributed by atoms with Crippen LogP contribution < -0.4 is 10.1 Å². The molecule has 0 fully saturated rings. The first-order valence-electron chi connectivity index (χ1n) is 8.83. The Labute approximate surface area is 147 Å². The molecule has 2 aromatic rings. The lowest BCUT2D eigenvalue weighted by atomic mass is 10.00. The third-order valence-corrected chi connectivity index (χ3v) is 4.77. The summed E-state index contributed by atoms with van der Waals surface area (Å²) < 4.78 is 21.2. The van der Waals surface area contributed by atoms with Gasteiger partial charge < -0.3 is 10.1 Å². The molecule has 3 rings (SSSR count). The molecule has 1 amide bonds. The summed E-state index contributed by atoms with van der Waals surface area (Å²) in [6.07, 6.45) is 2.54. The SMILES string of the molecule is CCC(CC)n1nc(C(=O)N[C@@H]2CCOc3c(F)cccc32)cc1C. The Hall–Kier alpha value is -2.37. The van der Waals surface area contributed by atoms with Gasteiger partial charge in [0.05, 0.1) is 18.7 Å². The Morgan fingerprint density at radius 1 is 1.44 bits per heavy atom. The molecule has 1 aromatic carbocycles. The number of halogens is 1. The van der Waals surface area contributed by atoms with Crippen LogP contribution in [0.25, 0.3) is 0 Å². The normalized spacial score (nSPS) is 16.4. The molecule has 1 aliphatic rings. The Morgan fingerprint density at radius 3 is 2.92 bits per heavy atom. The Balaban J connectivity index is 1.80. The minimum Gasteiger partial charge on any atom is -0.490 e.